The predicted octanol–water partition coefficient (Wildman–Crippen LogP) is 6.56. The summed E-state index contributed by atoms with van der Waals surface area (Å²) in [6.07, 6.45) is 1.31. The van der Waals surface area contributed by atoms with Gasteiger partial charge >= 0.3 is 0 Å². The van der Waals surface area contributed by atoms with Crippen molar-refractivity contribution in [3.63, 3.8) is 0 Å². The lowest BCUT2D eigenvalue weighted by molar-refractivity contribution is -0.133. The summed E-state index contributed by atoms with van der Waals surface area (Å²) in [4.78, 5) is 17.1. The van der Waals surface area contributed by atoms with Crippen molar-refractivity contribution in [1.29, 1.82) is 0 Å². The summed E-state index contributed by atoms with van der Waals surface area (Å²) in [6, 6.07) is 10.7. The number of carbonyl (C=O) groups is 1. The third-order valence-electron chi connectivity index (χ3n) is 6.53. The molecule has 0 fully saturated rings. The molecule has 3 aromatic rings. The standard InChI is InChI=1S/C27H30Cl2N2O3S2/c1-5-10-30(36(33,34)27-18(3)13-17(2)14-19(27)4)16-25(32)31-11-8-24-22(9-12-35-24)26(31)21-7-6-20(28)15-23(21)29/h6-7,9,12-15,26H,5,8,10-11,16H2,1-4H3. The van der Waals surface area contributed by atoms with Crippen LogP contribution < -0.4 is 0 Å². The Balaban J connectivity index is 1.71. The second-order valence-electron chi connectivity index (χ2n) is 9.27. The number of carbonyl (C=O) groups excluding carboxylic acids is 1. The largest absolute Gasteiger partial charge is 0.330 e. The van der Waals surface area contributed by atoms with E-state index in [-0.39, 0.29) is 23.9 Å². The van der Waals surface area contributed by atoms with Crippen LogP contribution in [-0.4, -0.2) is 43.2 Å². The number of rotatable bonds is 7. The summed E-state index contributed by atoms with van der Waals surface area (Å²) in [5.41, 5.74) is 4.19. The van der Waals surface area contributed by atoms with Gasteiger partial charge in [-0.05, 0) is 79.4 Å². The van der Waals surface area contributed by atoms with E-state index in [0.717, 1.165) is 23.1 Å². The molecular weight excluding hydrogens is 535 g/mol. The number of thiophene rings is 1. The van der Waals surface area contributed by atoms with E-state index in [1.165, 1.54) is 9.18 Å². The second kappa shape index (κ2) is 10.8. The highest BCUT2D eigenvalue weighted by atomic mass is 35.5. The molecule has 9 heteroatoms. The van der Waals surface area contributed by atoms with Gasteiger partial charge in [0.1, 0.15) is 0 Å². The van der Waals surface area contributed by atoms with Gasteiger partial charge in [0, 0.05) is 28.0 Å². The van der Waals surface area contributed by atoms with E-state index in [9.17, 15) is 13.2 Å². The van der Waals surface area contributed by atoms with Gasteiger partial charge < -0.3 is 4.90 Å². The Kier molecular flexibility index (Phi) is 8.17. The zero-order valence-electron chi connectivity index (χ0n) is 20.8. The molecule has 1 atom stereocenters. The van der Waals surface area contributed by atoms with Gasteiger partial charge in [0.2, 0.25) is 15.9 Å². The minimum Gasteiger partial charge on any atom is -0.330 e. The lowest BCUT2D eigenvalue weighted by atomic mass is 9.93. The minimum atomic E-state index is -3.88. The molecule has 0 N–H and O–H groups in total. The number of amides is 1. The van der Waals surface area contributed by atoms with Crippen molar-refractivity contribution < 1.29 is 13.2 Å². The molecule has 0 saturated heterocycles. The number of halogens is 2. The topological polar surface area (TPSA) is 57.7 Å². The molecule has 0 spiro atoms. The average molecular weight is 566 g/mol. The van der Waals surface area contributed by atoms with E-state index in [1.807, 2.05) is 43.5 Å². The van der Waals surface area contributed by atoms with Gasteiger partial charge in [-0.3, -0.25) is 4.79 Å². The Morgan fingerprint density at radius 2 is 1.78 bits per heavy atom. The van der Waals surface area contributed by atoms with E-state index >= 15 is 0 Å². The fourth-order valence-corrected chi connectivity index (χ4v) is 8.43. The first kappa shape index (κ1) is 27.1. The van der Waals surface area contributed by atoms with Gasteiger partial charge in [-0.15, -0.1) is 11.3 Å². The molecule has 0 bridgehead atoms. The Bertz CT molecular complexity index is 1380. The maximum atomic E-state index is 13.8. The molecule has 5 nitrogen and oxygen atoms in total. The van der Waals surface area contributed by atoms with Crippen molar-refractivity contribution >= 4 is 50.5 Å². The van der Waals surface area contributed by atoms with Crippen LogP contribution in [0.15, 0.2) is 46.7 Å². The van der Waals surface area contributed by atoms with E-state index in [1.54, 1.807) is 42.2 Å². The van der Waals surface area contributed by atoms with Crippen LogP contribution in [-0.2, 0) is 21.2 Å². The highest BCUT2D eigenvalue weighted by molar-refractivity contribution is 7.89. The van der Waals surface area contributed by atoms with Gasteiger partial charge in [-0.1, -0.05) is 53.9 Å². The third-order valence-corrected chi connectivity index (χ3v) is 10.2. The highest BCUT2D eigenvalue weighted by Gasteiger charge is 2.37. The van der Waals surface area contributed by atoms with Crippen molar-refractivity contribution in [3.05, 3.63) is 84.5 Å². The molecule has 2 heterocycles. The molecule has 4 rings (SSSR count). The molecule has 0 saturated carbocycles. The number of sulfonamides is 1. The Morgan fingerprint density at radius 3 is 2.42 bits per heavy atom. The summed E-state index contributed by atoms with van der Waals surface area (Å²) in [6.45, 7) is 7.98. The maximum absolute atomic E-state index is 13.8. The number of hydrogen-bond donors (Lipinski definition) is 0. The molecule has 2 aromatic carbocycles. The zero-order valence-corrected chi connectivity index (χ0v) is 24.0. The fourth-order valence-electron chi connectivity index (χ4n) is 5.12. The number of hydrogen-bond acceptors (Lipinski definition) is 4. The van der Waals surface area contributed by atoms with Crippen LogP contribution in [0.1, 0.15) is 52.1 Å². The SMILES string of the molecule is CCCN(CC(=O)N1CCc2sccc2C1c1ccc(Cl)cc1Cl)S(=O)(=O)c1c(C)cc(C)cc1C. The molecular formula is C27H30Cl2N2O3S2. The number of benzene rings is 2. The summed E-state index contributed by atoms with van der Waals surface area (Å²) >= 11 is 14.4. The lowest BCUT2D eigenvalue weighted by Crippen LogP contribution is -2.47. The van der Waals surface area contributed by atoms with E-state index in [4.69, 9.17) is 23.2 Å². The summed E-state index contributed by atoms with van der Waals surface area (Å²) in [5.74, 6) is -0.248. The van der Waals surface area contributed by atoms with Crippen molar-refractivity contribution in [2.75, 3.05) is 19.6 Å². The van der Waals surface area contributed by atoms with Crippen molar-refractivity contribution in [2.24, 2.45) is 0 Å². The Labute approximate surface area is 227 Å². The molecule has 1 aliphatic rings. The smallest absolute Gasteiger partial charge is 0.244 e. The van der Waals surface area contributed by atoms with E-state index in [0.29, 0.717) is 34.1 Å². The van der Waals surface area contributed by atoms with Crippen LogP contribution in [0.5, 0.6) is 0 Å². The molecule has 192 valence electrons. The van der Waals surface area contributed by atoms with E-state index in [2.05, 4.69) is 0 Å². The quantitative estimate of drug-likeness (QED) is 0.326. The van der Waals surface area contributed by atoms with Crippen LogP contribution in [0.4, 0.5) is 0 Å². The molecule has 1 aliphatic heterocycles. The highest BCUT2D eigenvalue weighted by Crippen LogP contribution is 2.41. The Morgan fingerprint density at radius 1 is 1.08 bits per heavy atom. The van der Waals surface area contributed by atoms with Crippen molar-refractivity contribution in [1.82, 2.24) is 9.21 Å². The molecule has 0 aliphatic carbocycles. The normalized spacial score (nSPS) is 15.9. The van der Waals surface area contributed by atoms with Crippen LogP contribution in [0.3, 0.4) is 0 Å². The Hall–Kier alpha value is -1.90. The fraction of sp³-hybridized carbons (Fsp3) is 0.370. The van der Waals surface area contributed by atoms with Crippen molar-refractivity contribution in [2.45, 2.75) is 51.5 Å². The van der Waals surface area contributed by atoms with Crippen LogP contribution >= 0.6 is 34.5 Å². The first-order valence-electron chi connectivity index (χ1n) is 11.9. The van der Waals surface area contributed by atoms with Crippen molar-refractivity contribution in [3.8, 4) is 0 Å². The monoisotopic (exact) mass is 564 g/mol. The van der Waals surface area contributed by atoms with Crippen LogP contribution in [0.2, 0.25) is 10.0 Å². The average Bonchev–Trinajstić information content (AvgIpc) is 3.26. The predicted molar refractivity (Wildman–Crippen MR) is 148 cm³/mol. The second-order valence-corrected chi connectivity index (χ2v) is 13.0. The van der Waals surface area contributed by atoms with Crippen LogP contribution in [0.25, 0.3) is 0 Å². The van der Waals surface area contributed by atoms with Gasteiger partial charge in [-0.25, -0.2) is 8.42 Å². The summed E-state index contributed by atoms with van der Waals surface area (Å²) in [5, 5.41) is 3.02. The third kappa shape index (κ3) is 5.22. The molecule has 1 unspecified atom stereocenters. The first-order valence-corrected chi connectivity index (χ1v) is 15.0. The molecule has 36 heavy (non-hydrogen) atoms. The van der Waals surface area contributed by atoms with E-state index < -0.39 is 16.1 Å². The molecule has 1 amide bonds. The number of nitrogens with zero attached hydrogens (tertiary/aromatic N) is 2. The number of aryl methyl sites for hydroxylation is 3. The summed E-state index contributed by atoms with van der Waals surface area (Å²) in [7, 11) is -3.88. The molecule has 1 aromatic heterocycles. The van der Waals surface area contributed by atoms with Gasteiger partial charge in [0.25, 0.3) is 0 Å². The molecule has 0 radical (unpaired) electrons. The lowest BCUT2D eigenvalue weighted by Gasteiger charge is -2.38. The zero-order chi connectivity index (χ0) is 26.2. The summed E-state index contributed by atoms with van der Waals surface area (Å²) < 4.78 is 29.0. The number of fused-ring (bicyclic) bond motifs is 1. The maximum Gasteiger partial charge on any atom is 0.244 e. The van der Waals surface area contributed by atoms with Gasteiger partial charge in [0.15, 0.2) is 0 Å². The van der Waals surface area contributed by atoms with Gasteiger partial charge in [0.05, 0.1) is 17.5 Å². The van der Waals surface area contributed by atoms with Crippen LogP contribution in [0, 0.1) is 20.8 Å². The minimum absolute atomic E-state index is 0.232. The van der Waals surface area contributed by atoms with Gasteiger partial charge in [-0.2, -0.15) is 4.31 Å². The first-order chi connectivity index (χ1) is 17.0.